The molecule has 0 radical (unpaired) electrons. The molecule has 100 valence electrons. The van der Waals surface area contributed by atoms with Crippen molar-refractivity contribution in [1.29, 1.82) is 0 Å². The molecule has 0 aromatic carbocycles. The topological polar surface area (TPSA) is 39.2 Å². The lowest BCUT2D eigenvalue weighted by Crippen LogP contribution is -2.05. The molecule has 0 amide bonds. The van der Waals surface area contributed by atoms with Crippen molar-refractivity contribution in [2.24, 2.45) is 0 Å². The van der Waals surface area contributed by atoms with Crippen LogP contribution in [0.15, 0.2) is 30.6 Å². The van der Waals surface area contributed by atoms with Crippen LogP contribution in [-0.2, 0) is 11.2 Å². The molecule has 0 saturated carbocycles. The zero-order valence-corrected chi connectivity index (χ0v) is 12.0. The van der Waals surface area contributed by atoms with E-state index in [2.05, 4.69) is 4.98 Å². The van der Waals surface area contributed by atoms with E-state index in [0.717, 1.165) is 18.4 Å². The molecular formula is C15H17NO2S. The third-order valence-electron chi connectivity index (χ3n) is 2.96. The summed E-state index contributed by atoms with van der Waals surface area (Å²) in [5.41, 5.74) is 2.36. The molecular weight excluding hydrogens is 258 g/mol. The van der Waals surface area contributed by atoms with E-state index >= 15 is 0 Å². The van der Waals surface area contributed by atoms with E-state index in [1.165, 1.54) is 21.8 Å². The van der Waals surface area contributed by atoms with Gasteiger partial charge in [0, 0.05) is 17.3 Å². The maximum absolute atomic E-state index is 11.8. The number of hydrogen-bond acceptors (Lipinski definition) is 4. The third-order valence-corrected chi connectivity index (χ3v) is 4.09. The molecule has 3 nitrogen and oxygen atoms in total. The van der Waals surface area contributed by atoms with Crippen LogP contribution in [0, 0.1) is 13.8 Å². The number of rotatable bonds is 5. The number of pyridine rings is 1. The number of aryl methyl sites for hydroxylation is 3. The first-order valence-corrected chi connectivity index (χ1v) is 7.11. The fraction of sp³-hybridized carbons (Fsp3) is 0.333. The number of ether oxygens (including phenoxy) is 1. The first kappa shape index (κ1) is 13.7. The molecule has 19 heavy (non-hydrogen) atoms. The second-order valence-electron chi connectivity index (χ2n) is 4.44. The lowest BCUT2D eigenvalue weighted by atomic mass is 10.1. The van der Waals surface area contributed by atoms with Gasteiger partial charge in [-0.2, -0.15) is 0 Å². The molecule has 0 saturated heterocycles. The molecule has 2 heterocycles. The number of carbonyl (C=O) groups is 1. The summed E-state index contributed by atoms with van der Waals surface area (Å²) in [6, 6.07) is 5.85. The van der Waals surface area contributed by atoms with Gasteiger partial charge in [0.15, 0.2) is 0 Å². The Morgan fingerprint density at radius 1 is 1.32 bits per heavy atom. The highest BCUT2D eigenvalue weighted by atomic mass is 32.1. The standard InChI is InChI=1S/C15H17NO2S/c1-11-10-14(19-12(11)2)15(17)18-9-3-4-13-5-7-16-8-6-13/h5-8,10H,3-4,9H2,1-2H3. The Morgan fingerprint density at radius 3 is 2.68 bits per heavy atom. The molecule has 0 spiro atoms. The maximum atomic E-state index is 11.8. The van der Waals surface area contributed by atoms with Gasteiger partial charge in [0.1, 0.15) is 4.88 Å². The minimum atomic E-state index is -0.212. The SMILES string of the molecule is Cc1cc(C(=O)OCCCc2ccncc2)sc1C. The van der Waals surface area contributed by atoms with E-state index in [4.69, 9.17) is 4.74 Å². The largest absolute Gasteiger partial charge is 0.461 e. The van der Waals surface area contributed by atoms with Gasteiger partial charge in [0.2, 0.25) is 0 Å². The summed E-state index contributed by atoms with van der Waals surface area (Å²) < 4.78 is 5.27. The normalized spacial score (nSPS) is 10.4. The second-order valence-corrected chi connectivity index (χ2v) is 5.70. The Bertz CT molecular complexity index is 529. The average Bonchev–Trinajstić information content (AvgIpc) is 2.76. The van der Waals surface area contributed by atoms with Crippen LogP contribution in [0.25, 0.3) is 0 Å². The molecule has 0 aliphatic rings. The fourth-order valence-electron chi connectivity index (χ4n) is 1.74. The van der Waals surface area contributed by atoms with Crippen LogP contribution in [0.5, 0.6) is 0 Å². The van der Waals surface area contributed by atoms with Crippen molar-refractivity contribution < 1.29 is 9.53 Å². The van der Waals surface area contributed by atoms with Crippen LogP contribution >= 0.6 is 11.3 Å². The zero-order chi connectivity index (χ0) is 13.7. The van der Waals surface area contributed by atoms with Crippen molar-refractivity contribution in [3.8, 4) is 0 Å². The van der Waals surface area contributed by atoms with Crippen molar-refractivity contribution in [3.63, 3.8) is 0 Å². The van der Waals surface area contributed by atoms with E-state index in [1.807, 2.05) is 32.0 Å². The van der Waals surface area contributed by atoms with Gasteiger partial charge >= 0.3 is 5.97 Å². The third kappa shape index (κ3) is 3.89. The van der Waals surface area contributed by atoms with Crippen LogP contribution in [0.3, 0.4) is 0 Å². The molecule has 0 fully saturated rings. The van der Waals surface area contributed by atoms with Crippen molar-refractivity contribution in [1.82, 2.24) is 4.98 Å². The van der Waals surface area contributed by atoms with E-state index < -0.39 is 0 Å². The van der Waals surface area contributed by atoms with Gasteiger partial charge < -0.3 is 4.74 Å². The van der Waals surface area contributed by atoms with Gasteiger partial charge in [-0.05, 0) is 56.0 Å². The van der Waals surface area contributed by atoms with Crippen LogP contribution in [0.2, 0.25) is 0 Å². The second kappa shape index (κ2) is 6.48. The summed E-state index contributed by atoms with van der Waals surface area (Å²) in [6.45, 7) is 4.48. The lowest BCUT2D eigenvalue weighted by Gasteiger charge is -2.03. The van der Waals surface area contributed by atoms with Gasteiger partial charge in [-0.3, -0.25) is 4.98 Å². The van der Waals surface area contributed by atoms with E-state index in [-0.39, 0.29) is 5.97 Å². The number of hydrogen-bond donors (Lipinski definition) is 0. The summed E-state index contributed by atoms with van der Waals surface area (Å²) in [5.74, 6) is -0.212. The average molecular weight is 275 g/mol. The first-order chi connectivity index (χ1) is 9.16. The van der Waals surface area contributed by atoms with Crippen molar-refractivity contribution in [2.75, 3.05) is 6.61 Å². The predicted molar refractivity (Wildman–Crippen MR) is 76.6 cm³/mol. The molecule has 0 aliphatic carbocycles. The van der Waals surface area contributed by atoms with Crippen LogP contribution < -0.4 is 0 Å². The minimum absolute atomic E-state index is 0.212. The summed E-state index contributed by atoms with van der Waals surface area (Å²) in [7, 11) is 0. The predicted octanol–water partition coefficient (Wildman–Crippen LogP) is 3.55. The summed E-state index contributed by atoms with van der Waals surface area (Å²) in [4.78, 5) is 17.6. The lowest BCUT2D eigenvalue weighted by molar-refractivity contribution is 0.0506. The van der Waals surface area contributed by atoms with Crippen LogP contribution in [-0.4, -0.2) is 17.6 Å². The fourth-order valence-corrected chi connectivity index (χ4v) is 2.66. The number of nitrogens with zero attached hydrogens (tertiary/aromatic N) is 1. The van der Waals surface area contributed by atoms with E-state index in [1.54, 1.807) is 12.4 Å². The van der Waals surface area contributed by atoms with Gasteiger partial charge in [-0.25, -0.2) is 4.79 Å². The Balaban J connectivity index is 1.75. The molecule has 2 rings (SSSR count). The highest BCUT2D eigenvalue weighted by Crippen LogP contribution is 2.21. The first-order valence-electron chi connectivity index (χ1n) is 6.30. The zero-order valence-electron chi connectivity index (χ0n) is 11.2. The number of aromatic nitrogens is 1. The van der Waals surface area contributed by atoms with E-state index in [9.17, 15) is 4.79 Å². The minimum Gasteiger partial charge on any atom is -0.461 e. The Labute approximate surface area is 117 Å². The molecule has 4 heteroatoms. The Hall–Kier alpha value is -1.68. The van der Waals surface area contributed by atoms with Crippen molar-refractivity contribution >= 4 is 17.3 Å². The number of thiophene rings is 1. The highest BCUT2D eigenvalue weighted by Gasteiger charge is 2.11. The van der Waals surface area contributed by atoms with Crippen LogP contribution in [0.1, 0.15) is 32.1 Å². The smallest absolute Gasteiger partial charge is 0.348 e. The van der Waals surface area contributed by atoms with Gasteiger partial charge in [-0.1, -0.05) is 0 Å². The molecule has 0 N–H and O–H groups in total. The summed E-state index contributed by atoms with van der Waals surface area (Å²) in [6.07, 6.45) is 5.29. The maximum Gasteiger partial charge on any atom is 0.348 e. The van der Waals surface area contributed by atoms with Crippen molar-refractivity contribution in [2.45, 2.75) is 26.7 Å². The van der Waals surface area contributed by atoms with E-state index in [0.29, 0.717) is 11.5 Å². The van der Waals surface area contributed by atoms with Crippen molar-refractivity contribution in [3.05, 3.63) is 51.5 Å². The summed E-state index contributed by atoms with van der Waals surface area (Å²) in [5, 5.41) is 0. The number of esters is 1. The molecule has 2 aromatic rings. The van der Waals surface area contributed by atoms with Gasteiger partial charge in [0.05, 0.1) is 6.61 Å². The number of carbonyl (C=O) groups excluding carboxylic acids is 1. The molecule has 2 aromatic heterocycles. The highest BCUT2D eigenvalue weighted by molar-refractivity contribution is 7.14. The molecule has 0 aliphatic heterocycles. The molecule has 0 bridgehead atoms. The quantitative estimate of drug-likeness (QED) is 0.619. The van der Waals surface area contributed by atoms with Gasteiger partial charge in [-0.15, -0.1) is 11.3 Å². The summed E-state index contributed by atoms with van der Waals surface area (Å²) >= 11 is 1.49. The van der Waals surface area contributed by atoms with Crippen LogP contribution in [0.4, 0.5) is 0 Å². The van der Waals surface area contributed by atoms with Gasteiger partial charge in [0.25, 0.3) is 0 Å². The Kier molecular flexibility index (Phi) is 4.68. The monoisotopic (exact) mass is 275 g/mol. The Morgan fingerprint density at radius 2 is 2.05 bits per heavy atom. The molecule has 0 atom stereocenters. The molecule has 0 unspecified atom stereocenters.